The molecular weight excluding hydrogens is 274 g/mol. The van der Waals surface area contributed by atoms with Gasteiger partial charge >= 0.3 is 0 Å². The molecule has 0 fully saturated rings. The molecule has 0 spiro atoms. The minimum absolute atomic E-state index is 0.0948. The van der Waals surface area contributed by atoms with Crippen LogP contribution in [0.4, 0.5) is 0 Å². The predicted octanol–water partition coefficient (Wildman–Crippen LogP) is 2.64. The fourth-order valence-electron chi connectivity index (χ4n) is 1.28. The molecule has 1 aromatic carbocycles. The van der Waals surface area contributed by atoms with Crippen LogP contribution in [0.2, 0.25) is 0 Å². The van der Waals surface area contributed by atoms with Crippen molar-refractivity contribution in [3.63, 3.8) is 0 Å². The van der Waals surface area contributed by atoms with Crippen LogP contribution in [-0.2, 0) is 11.4 Å². The zero-order valence-electron chi connectivity index (χ0n) is 9.62. The van der Waals surface area contributed by atoms with Gasteiger partial charge in [-0.2, -0.15) is 0 Å². The molecule has 0 aliphatic rings. The summed E-state index contributed by atoms with van der Waals surface area (Å²) in [7, 11) is 1.60. The first-order valence-electron chi connectivity index (χ1n) is 4.93. The molecule has 1 aromatic rings. The molecular formula is C11H16BrNO3. The zero-order valence-corrected chi connectivity index (χ0v) is 11.2. The molecule has 0 unspecified atom stereocenters. The Morgan fingerprint density at radius 3 is 2.50 bits per heavy atom. The number of hydrogen-bond donors (Lipinski definition) is 1. The maximum Gasteiger partial charge on any atom is 0.162 e. The Morgan fingerprint density at radius 1 is 1.31 bits per heavy atom. The summed E-state index contributed by atoms with van der Waals surface area (Å²) in [6.07, 6.45) is 0.0948. The van der Waals surface area contributed by atoms with Crippen molar-refractivity contribution >= 4 is 15.9 Å². The summed E-state index contributed by atoms with van der Waals surface area (Å²) in [4.78, 5) is 4.60. The van der Waals surface area contributed by atoms with Gasteiger partial charge in [0.05, 0.1) is 19.8 Å². The van der Waals surface area contributed by atoms with Gasteiger partial charge in [-0.3, -0.25) is 4.84 Å². The Kier molecular flexibility index (Phi) is 5.05. The van der Waals surface area contributed by atoms with Gasteiger partial charge in [-0.05, 0) is 31.5 Å². The van der Waals surface area contributed by atoms with E-state index in [1.165, 1.54) is 0 Å². The predicted molar refractivity (Wildman–Crippen MR) is 65.4 cm³/mol. The molecule has 0 aliphatic carbocycles. The second kappa shape index (κ2) is 6.08. The second-order valence-electron chi connectivity index (χ2n) is 3.57. The number of methoxy groups -OCH3 is 1. The van der Waals surface area contributed by atoms with Crippen LogP contribution in [0.1, 0.15) is 19.4 Å². The quantitative estimate of drug-likeness (QED) is 0.847. The third kappa shape index (κ3) is 3.37. The van der Waals surface area contributed by atoms with Crippen LogP contribution >= 0.6 is 15.9 Å². The average molecular weight is 290 g/mol. The normalized spacial score (nSPS) is 10.6. The molecule has 0 saturated carbocycles. The number of halogens is 1. The lowest BCUT2D eigenvalue weighted by molar-refractivity contribution is 0.123. The van der Waals surface area contributed by atoms with Crippen molar-refractivity contribution in [2.75, 3.05) is 7.11 Å². The fourth-order valence-corrected chi connectivity index (χ4v) is 1.72. The van der Waals surface area contributed by atoms with E-state index in [4.69, 9.17) is 15.4 Å². The first-order valence-corrected chi connectivity index (χ1v) is 5.72. The summed E-state index contributed by atoms with van der Waals surface area (Å²) in [5.41, 5.74) is 0.912. The minimum atomic E-state index is 0.0948. The maximum absolute atomic E-state index is 5.62. The van der Waals surface area contributed by atoms with Crippen LogP contribution in [0.15, 0.2) is 16.6 Å². The molecule has 0 bridgehead atoms. The van der Waals surface area contributed by atoms with E-state index in [1.807, 2.05) is 26.0 Å². The standard InChI is InChI=1S/C11H16BrNO3/c1-7(2)16-11-5-9(12)8(6-15-13)4-10(11)14-3/h4-5,7H,6,13H2,1-3H3. The Bertz CT molecular complexity index is 355. The summed E-state index contributed by atoms with van der Waals surface area (Å²) in [5, 5.41) is 0. The highest BCUT2D eigenvalue weighted by atomic mass is 79.9. The topological polar surface area (TPSA) is 53.7 Å². The zero-order chi connectivity index (χ0) is 12.1. The highest BCUT2D eigenvalue weighted by Gasteiger charge is 2.11. The molecule has 90 valence electrons. The van der Waals surface area contributed by atoms with Gasteiger partial charge in [0.25, 0.3) is 0 Å². The highest BCUT2D eigenvalue weighted by molar-refractivity contribution is 9.10. The molecule has 2 N–H and O–H groups in total. The van der Waals surface area contributed by atoms with Gasteiger partial charge in [-0.25, -0.2) is 5.90 Å². The van der Waals surface area contributed by atoms with E-state index in [9.17, 15) is 0 Å². The van der Waals surface area contributed by atoms with E-state index in [1.54, 1.807) is 7.11 Å². The lowest BCUT2D eigenvalue weighted by Gasteiger charge is -2.15. The summed E-state index contributed by atoms with van der Waals surface area (Å²) in [6, 6.07) is 3.70. The van der Waals surface area contributed by atoms with E-state index < -0.39 is 0 Å². The number of benzene rings is 1. The van der Waals surface area contributed by atoms with E-state index in [-0.39, 0.29) is 6.10 Å². The first kappa shape index (κ1) is 13.3. The smallest absolute Gasteiger partial charge is 0.162 e. The number of hydrogen-bond acceptors (Lipinski definition) is 4. The lowest BCUT2D eigenvalue weighted by atomic mass is 10.2. The summed E-state index contributed by atoms with van der Waals surface area (Å²) >= 11 is 3.43. The van der Waals surface area contributed by atoms with Crippen LogP contribution in [0.3, 0.4) is 0 Å². The number of nitrogens with two attached hydrogens (primary N) is 1. The third-order valence-electron chi connectivity index (χ3n) is 1.93. The van der Waals surface area contributed by atoms with Crippen LogP contribution in [0.5, 0.6) is 11.5 Å². The monoisotopic (exact) mass is 289 g/mol. The molecule has 0 aromatic heterocycles. The fraction of sp³-hybridized carbons (Fsp3) is 0.455. The van der Waals surface area contributed by atoms with Crippen molar-refractivity contribution in [1.29, 1.82) is 0 Å². The van der Waals surface area contributed by atoms with E-state index in [0.717, 1.165) is 10.0 Å². The molecule has 5 heteroatoms. The Labute approximate surface area is 104 Å². The maximum atomic E-state index is 5.62. The molecule has 1 rings (SSSR count). The number of ether oxygens (including phenoxy) is 2. The molecule has 0 heterocycles. The lowest BCUT2D eigenvalue weighted by Crippen LogP contribution is -2.07. The van der Waals surface area contributed by atoms with E-state index in [2.05, 4.69) is 20.8 Å². The van der Waals surface area contributed by atoms with Gasteiger partial charge in [0, 0.05) is 4.47 Å². The third-order valence-corrected chi connectivity index (χ3v) is 2.67. The van der Waals surface area contributed by atoms with Crippen molar-refractivity contribution < 1.29 is 14.3 Å². The Morgan fingerprint density at radius 2 is 2.00 bits per heavy atom. The SMILES string of the molecule is COc1cc(CON)c(Br)cc1OC(C)C. The van der Waals surface area contributed by atoms with Crippen LogP contribution in [0, 0.1) is 0 Å². The first-order chi connectivity index (χ1) is 7.58. The van der Waals surface area contributed by atoms with Gasteiger partial charge in [0.15, 0.2) is 11.5 Å². The molecule has 0 amide bonds. The average Bonchev–Trinajstić information content (AvgIpc) is 2.21. The van der Waals surface area contributed by atoms with Gasteiger partial charge in [0.1, 0.15) is 0 Å². The van der Waals surface area contributed by atoms with Crippen LogP contribution in [-0.4, -0.2) is 13.2 Å². The van der Waals surface area contributed by atoms with Crippen LogP contribution in [0.25, 0.3) is 0 Å². The highest BCUT2D eigenvalue weighted by Crippen LogP contribution is 2.34. The molecule has 16 heavy (non-hydrogen) atoms. The van der Waals surface area contributed by atoms with Crippen molar-refractivity contribution in [2.45, 2.75) is 26.6 Å². The van der Waals surface area contributed by atoms with Crippen molar-refractivity contribution in [3.8, 4) is 11.5 Å². The molecule has 4 nitrogen and oxygen atoms in total. The summed E-state index contributed by atoms with van der Waals surface area (Å²) < 4.78 is 11.8. The molecule has 0 aliphatic heterocycles. The summed E-state index contributed by atoms with van der Waals surface area (Å²) in [6.45, 7) is 4.24. The minimum Gasteiger partial charge on any atom is -0.493 e. The van der Waals surface area contributed by atoms with Gasteiger partial charge in [-0.1, -0.05) is 15.9 Å². The van der Waals surface area contributed by atoms with Gasteiger partial charge in [0.2, 0.25) is 0 Å². The van der Waals surface area contributed by atoms with Crippen molar-refractivity contribution in [1.82, 2.24) is 0 Å². The van der Waals surface area contributed by atoms with Crippen molar-refractivity contribution in [2.24, 2.45) is 5.90 Å². The van der Waals surface area contributed by atoms with Crippen LogP contribution < -0.4 is 15.4 Å². The van der Waals surface area contributed by atoms with E-state index in [0.29, 0.717) is 18.1 Å². The Hall–Kier alpha value is -0.780. The molecule has 0 atom stereocenters. The Balaban J connectivity index is 3.05. The molecule has 0 saturated heterocycles. The summed E-state index contributed by atoms with van der Waals surface area (Å²) in [5.74, 6) is 6.42. The largest absolute Gasteiger partial charge is 0.493 e. The van der Waals surface area contributed by atoms with E-state index >= 15 is 0 Å². The number of rotatable bonds is 5. The second-order valence-corrected chi connectivity index (χ2v) is 4.43. The van der Waals surface area contributed by atoms with Crippen molar-refractivity contribution in [3.05, 3.63) is 22.2 Å². The molecule has 0 radical (unpaired) electrons. The van der Waals surface area contributed by atoms with Gasteiger partial charge < -0.3 is 9.47 Å². The van der Waals surface area contributed by atoms with Gasteiger partial charge in [-0.15, -0.1) is 0 Å².